The predicted octanol–water partition coefficient (Wildman–Crippen LogP) is 1.45. The second-order valence-corrected chi connectivity index (χ2v) is 8.03. The molecule has 1 amide bonds. The molecule has 1 aliphatic carbocycles. The van der Waals surface area contributed by atoms with Gasteiger partial charge in [0.05, 0.1) is 16.8 Å². The number of ether oxygens (including phenoxy) is 1. The van der Waals surface area contributed by atoms with Gasteiger partial charge in [-0.15, -0.1) is 0 Å². The topological polar surface area (TPSA) is 141 Å². The summed E-state index contributed by atoms with van der Waals surface area (Å²) in [5.41, 5.74) is 15.0. The number of anilines is 1. The van der Waals surface area contributed by atoms with Crippen molar-refractivity contribution in [2.24, 2.45) is 5.73 Å². The number of primary amides is 1. The number of carbonyl (C=O) groups is 1. The second kappa shape index (κ2) is 6.88. The highest BCUT2D eigenvalue weighted by molar-refractivity contribution is 6.11. The minimum atomic E-state index is -0.654. The van der Waals surface area contributed by atoms with Crippen LogP contribution in [-0.4, -0.2) is 39.6 Å². The third-order valence-electron chi connectivity index (χ3n) is 5.95. The molecule has 9 nitrogen and oxygen atoms in total. The van der Waals surface area contributed by atoms with E-state index in [1.165, 1.54) is 0 Å². The fraction of sp³-hybridized carbons (Fsp3) is 0.381. The quantitative estimate of drug-likeness (QED) is 0.485. The highest BCUT2D eigenvalue weighted by Gasteiger charge is 2.42. The summed E-state index contributed by atoms with van der Waals surface area (Å²) in [6.07, 6.45) is 3.70. The monoisotopic (exact) mass is 410 g/mol. The van der Waals surface area contributed by atoms with Gasteiger partial charge in [-0.3, -0.25) is 14.2 Å². The Morgan fingerprint density at radius 2 is 2.03 bits per heavy atom. The molecule has 0 saturated heterocycles. The van der Waals surface area contributed by atoms with Crippen LogP contribution in [0.4, 0.5) is 5.82 Å². The van der Waals surface area contributed by atoms with Gasteiger partial charge in [-0.1, -0.05) is 0 Å². The summed E-state index contributed by atoms with van der Waals surface area (Å²) in [4.78, 5) is 31.9. The van der Waals surface area contributed by atoms with Gasteiger partial charge in [-0.05, 0) is 52.3 Å². The van der Waals surface area contributed by atoms with Gasteiger partial charge in [0.15, 0.2) is 5.65 Å². The summed E-state index contributed by atoms with van der Waals surface area (Å²) in [6, 6.07) is 1.81. The van der Waals surface area contributed by atoms with Crippen molar-refractivity contribution in [3.8, 4) is 11.6 Å². The fourth-order valence-corrected chi connectivity index (χ4v) is 3.86. The van der Waals surface area contributed by atoms with Crippen LogP contribution >= 0.6 is 0 Å². The number of amides is 1. The zero-order valence-corrected chi connectivity index (χ0v) is 17.5. The van der Waals surface area contributed by atoms with E-state index in [-0.39, 0.29) is 22.5 Å². The minimum absolute atomic E-state index is 0.0115. The molecule has 6 N–H and O–H groups in total. The van der Waals surface area contributed by atoms with Crippen molar-refractivity contribution in [1.82, 2.24) is 19.9 Å². The predicted molar refractivity (Wildman–Crippen MR) is 115 cm³/mol. The number of hydrogen-bond donors (Lipinski definition) is 4. The first-order valence-corrected chi connectivity index (χ1v) is 9.81. The molecular weight excluding hydrogens is 384 g/mol. The van der Waals surface area contributed by atoms with Gasteiger partial charge in [0.1, 0.15) is 12.4 Å². The van der Waals surface area contributed by atoms with Crippen LogP contribution in [0.3, 0.4) is 0 Å². The number of nitrogens with one attached hydrogen (secondary N) is 2. The summed E-state index contributed by atoms with van der Waals surface area (Å²) in [5, 5.41) is 3.82. The van der Waals surface area contributed by atoms with Crippen molar-refractivity contribution in [1.29, 1.82) is 0 Å². The molecule has 3 aromatic heterocycles. The number of carbonyl (C=O) groups excluding carboxylic acids is 1. The van der Waals surface area contributed by atoms with Crippen LogP contribution in [0.15, 0.2) is 17.1 Å². The van der Waals surface area contributed by atoms with Gasteiger partial charge in [0.2, 0.25) is 5.88 Å². The van der Waals surface area contributed by atoms with E-state index in [0.717, 1.165) is 24.0 Å². The molecule has 1 aliphatic rings. The van der Waals surface area contributed by atoms with Crippen LogP contribution in [-0.2, 0) is 0 Å². The van der Waals surface area contributed by atoms with Gasteiger partial charge in [-0.25, -0.2) is 0 Å². The molecular formula is C21H26N6O3. The van der Waals surface area contributed by atoms with Crippen molar-refractivity contribution < 1.29 is 9.53 Å². The number of aromatic amines is 1. The van der Waals surface area contributed by atoms with Gasteiger partial charge < -0.3 is 26.5 Å². The van der Waals surface area contributed by atoms with Crippen molar-refractivity contribution in [3.63, 3.8) is 0 Å². The summed E-state index contributed by atoms with van der Waals surface area (Å²) in [6.45, 7) is 5.90. The molecule has 0 atom stereocenters. The molecule has 0 aliphatic heterocycles. The third-order valence-corrected chi connectivity index (χ3v) is 5.95. The summed E-state index contributed by atoms with van der Waals surface area (Å²) < 4.78 is 7.65. The van der Waals surface area contributed by atoms with Crippen LogP contribution < -0.4 is 27.1 Å². The number of hydrogen-bond acceptors (Lipinski definition) is 6. The summed E-state index contributed by atoms with van der Waals surface area (Å²) in [5.74, 6) is -0.0513. The lowest BCUT2D eigenvalue weighted by atomic mass is 10.1. The highest BCUT2D eigenvalue weighted by Crippen LogP contribution is 2.37. The number of aromatic nitrogens is 3. The Bertz CT molecular complexity index is 1240. The van der Waals surface area contributed by atoms with Crippen LogP contribution in [0.25, 0.3) is 16.7 Å². The SMILES string of the molecule is CNC1(COc2nc3c(cc2C)c(C(N)=O)c(N)n3-c2c(C)c[nH]c(=O)c2C)CC1. The Kier molecular flexibility index (Phi) is 4.58. The van der Waals surface area contributed by atoms with Crippen molar-refractivity contribution in [2.45, 2.75) is 39.2 Å². The molecule has 3 heterocycles. The number of nitrogen functional groups attached to an aromatic ring is 1. The standard InChI is InChI=1S/C21H26N6O3/c1-10-7-13-14(17(23)28)16(22)27(15-11(2)8-25-19(29)12(15)3)18(13)26-20(10)30-9-21(24-4)5-6-21/h7-8,24H,5-6,9,22H2,1-4H3,(H2,23,28)(H,25,29). The van der Waals surface area contributed by atoms with Crippen molar-refractivity contribution in [3.05, 3.63) is 44.9 Å². The molecule has 0 radical (unpaired) electrons. The smallest absolute Gasteiger partial charge is 0.253 e. The third kappa shape index (κ3) is 3.02. The molecule has 0 aromatic carbocycles. The first kappa shape index (κ1) is 20.0. The molecule has 1 saturated carbocycles. The number of fused-ring (bicyclic) bond motifs is 1. The summed E-state index contributed by atoms with van der Waals surface area (Å²) >= 11 is 0. The van der Waals surface area contributed by atoms with E-state index in [2.05, 4.69) is 10.3 Å². The average Bonchev–Trinajstić information content (AvgIpc) is 3.43. The molecule has 158 valence electrons. The lowest BCUT2D eigenvalue weighted by Crippen LogP contribution is -2.34. The number of nitrogens with two attached hydrogens (primary N) is 2. The molecule has 4 rings (SSSR count). The van der Waals surface area contributed by atoms with Crippen molar-refractivity contribution >= 4 is 22.8 Å². The number of H-pyrrole nitrogens is 1. The Hall–Kier alpha value is -3.33. The molecule has 9 heteroatoms. The first-order valence-electron chi connectivity index (χ1n) is 9.81. The number of pyridine rings is 2. The second-order valence-electron chi connectivity index (χ2n) is 8.03. The summed E-state index contributed by atoms with van der Waals surface area (Å²) in [7, 11) is 1.92. The first-order chi connectivity index (χ1) is 14.2. The zero-order chi connectivity index (χ0) is 21.8. The maximum atomic E-state index is 12.3. The normalized spacial score (nSPS) is 14.8. The highest BCUT2D eigenvalue weighted by atomic mass is 16.5. The largest absolute Gasteiger partial charge is 0.475 e. The molecule has 0 bridgehead atoms. The minimum Gasteiger partial charge on any atom is -0.475 e. The maximum Gasteiger partial charge on any atom is 0.253 e. The molecule has 0 unspecified atom stereocenters. The van der Waals surface area contributed by atoms with E-state index >= 15 is 0 Å². The molecule has 0 spiro atoms. The average molecular weight is 410 g/mol. The molecule has 3 aromatic rings. The van der Waals surface area contributed by atoms with E-state index in [4.69, 9.17) is 21.2 Å². The zero-order valence-electron chi connectivity index (χ0n) is 17.5. The van der Waals surface area contributed by atoms with E-state index in [1.54, 1.807) is 23.8 Å². The van der Waals surface area contributed by atoms with Gasteiger partial charge in [0.25, 0.3) is 11.5 Å². The van der Waals surface area contributed by atoms with E-state index in [0.29, 0.717) is 34.8 Å². The van der Waals surface area contributed by atoms with E-state index < -0.39 is 5.91 Å². The van der Waals surface area contributed by atoms with E-state index in [1.807, 2.05) is 20.9 Å². The van der Waals surface area contributed by atoms with Crippen LogP contribution in [0.1, 0.15) is 39.9 Å². The Morgan fingerprint density at radius 3 is 2.63 bits per heavy atom. The van der Waals surface area contributed by atoms with Gasteiger partial charge >= 0.3 is 0 Å². The number of likely N-dealkylation sites (N-methyl/N-ethyl adjacent to an activating group) is 1. The van der Waals surface area contributed by atoms with E-state index in [9.17, 15) is 9.59 Å². The molecule has 30 heavy (non-hydrogen) atoms. The van der Waals surface area contributed by atoms with Gasteiger partial charge in [0, 0.05) is 22.7 Å². The number of rotatable bonds is 6. The Labute approximate surface area is 173 Å². The fourth-order valence-electron chi connectivity index (χ4n) is 3.86. The van der Waals surface area contributed by atoms with Crippen molar-refractivity contribution in [2.75, 3.05) is 19.4 Å². The van der Waals surface area contributed by atoms with Crippen LogP contribution in [0.2, 0.25) is 0 Å². The van der Waals surface area contributed by atoms with Crippen LogP contribution in [0.5, 0.6) is 5.88 Å². The number of aryl methyl sites for hydroxylation is 2. The lowest BCUT2D eigenvalue weighted by Gasteiger charge is -2.17. The molecule has 1 fully saturated rings. The Morgan fingerprint density at radius 1 is 1.33 bits per heavy atom. The van der Waals surface area contributed by atoms with Gasteiger partial charge in [-0.2, -0.15) is 4.98 Å². The number of nitrogens with zero attached hydrogens (tertiary/aromatic N) is 2. The maximum absolute atomic E-state index is 12.3. The lowest BCUT2D eigenvalue weighted by molar-refractivity contribution is 0.100. The van der Waals surface area contributed by atoms with Crippen LogP contribution in [0, 0.1) is 20.8 Å². The Balaban J connectivity index is 1.97.